The van der Waals surface area contributed by atoms with Crippen LogP contribution in [0.15, 0.2) is 57.9 Å². The summed E-state index contributed by atoms with van der Waals surface area (Å²) in [6, 6.07) is 12.5. The van der Waals surface area contributed by atoms with Crippen LogP contribution in [0.3, 0.4) is 0 Å². The summed E-state index contributed by atoms with van der Waals surface area (Å²) in [6.07, 6.45) is 0.956. The van der Waals surface area contributed by atoms with Crippen molar-refractivity contribution in [1.29, 1.82) is 0 Å². The molecule has 0 radical (unpaired) electrons. The number of hydrogen-bond acceptors (Lipinski definition) is 5. The molecule has 0 heterocycles. The normalized spacial score (nSPS) is 12.5. The lowest BCUT2D eigenvalue weighted by molar-refractivity contribution is 0.347. The minimum atomic E-state index is -3.71. The van der Waals surface area contributed by atoms with Crippen LogP contribution in [0.4, 0.5) is 0 Å². The number of halogens is 1. The molecule has 2 aromatic rings. The number of rotatable bonds is 7. The van der Waals surface area contributed by atoms with Gasteiger partial charge in [-0.05, 0) is 55.8 Å². The van der Waals surface area contributed by atoms with Gasteiger partial charge in [-0.3, -0.25) is 0 Å². The molecule has 2 aromatic carbocycles. The summed E-state index contributed by atoms with van der Waals surface area (Å²) in [5.41, 5.74) is 0.625. The predicted octanol–water partition coefficient (Wildman–Crippen LogP) is 3.39. The lowest BCUT2D eigenvalue weighted by Crippen LogP contribution is -2.36. The van der Waals surface area contributed by atoms with E-state index < -0.39 is 20.1 Å². The highest BCUT2D eigenvalue weighted by atomic mass is 79.9. The zero-order valence-corrected chi connectivity index (χ0v) is 17.8. The van der Waals surface area contributed by atoms with Crippen molar-refractivity contribution in [1.82, 2.24) is 4.31 Å². The van der Waals surface area contributed by atoms with E-state index in [4.69, 9.17) is 4.18 Å². The van der Waals surface area contributed by atoms with Crippen LogP contribution in [-0.2, 0) is 26.7 Å². The van der Waals surface area contributed by atoms with E-state index >= 15 is 0 Å². The SMILES string of the molecule is CC(C)N(Cc1cccc(OS(C)(=O)=O)c1)S(=O)(=O)c1ccc(Br)cc1. The van der Waals surface area contributed by atoms with Crippen molar-refractivity contribution in [2.75, 3.05) is 6.26 Å². The summed E-state index contributed by atoms with van der Waals surface area (Å²) in [5.74, 6) is 0.148. The zero-order valence-electron chi connectivity index (χ0n) is 14.6. The molecular formula is C17H20BrNO5S2. The average Bonchev–Trinajstić information content (AvgIpc) is 2.51. The molecule has 0 saturated carbocycles. The number of nitrogens with zero attached hydrogens (tertiary/aromatic N) is 1. The summed E-state index contributed by atoms with van der Waals surface area (Å²) in [5, 5.41) is 0. The predicted molar refractivity (Wildman–Crippen MR) is 104 cm³/mol. The minimum Gasteiger partial charge on any atom is -0.383 e. The van der Waals surface area contributed by atoms with Gasteiger partial charge in [0.2, 0.25) is 10.0 Å². The maximum atomic E-state index is 13.0. The summed E-state index contributed by atoms with van der Waals surface area (Å²) in [7, 11) is -7.36. The maximum Gasteiger partial charge on any atom is 0.306 e. The van der Waals surface area contributed by atoms with Crippen molar-refractivity contribution >= 4 is 36.1 Å². The first-order chi connectivity index (χ1) is 12.0. The van der Waals surface area contributed by atoms with Crippen LogP contribution in [0, 0.1) is 0 Å². The molecule has 0 N–H and O–H groups in total. The molecule has 0 aliphatic rings. The molecule has 142 valence electrons. The van der Waals surface area contributed by atoms with E-state index in [0.717, 1.165) is 10.7 Å². The van der Waals surface area contributed by atoms with Crippen molar-refractivity contribution in [3.8, 4) is 5.75 Å². The smallest absolute Gasteiger partial charge is 0.306 e. The molecule has 0 aromatic heterocycles. The molecule has 0 spiro atoms. The molecule has 0 saturated heterocycles. The fraction of sp³-hybridized carbons (Fsp3) is 0.294. The average molecular weight is 462 g/mol. The second kappa shape index (κ2) is 8.08. The lowest BCUT2D eigenvalue weighted by Gasteiger charge is -2.26. The van der Waals surface area contributed by atoms with Crippen LogP contribution in [0.1, 0.15) is 19.4 Å². The van der Waals surface area contributed by atoms with E-state index in [9.17, 15) is 16.8 Å². The second-order valence-electron chi connectivity index (χ2n) is 6.03. The topological polar surface area (TPSA) is 80.8 Å². The molecule has 0 unspecified atom stereocenters. The van der Waals surface area contributed by atoms with E-state index in [-0.39, 0.29) is 23.2 Å². The van der Waals surface area contributed by atoms with E-state index in [1.54, 1.807) is 38.1 Å². The first-order valence-electron chi connectivity index (χ1n) is 7.75. The molecule has 9 heteroatoms. The molecule has 0 aliphatic heterocycles. The van der Waals surface area contributed by atoms with Gasteiger partial charge in [-0.25, -0.2) is 8.42 Å². The summed E-state index contributed by atoms with van der Waals surface area (Å²) in [4.78, 5) is 0.193. The van der Waals surface area contributed by atoms with E-state index in [2.05, 4.69) is 15.9 Å². The van der Waals surface area contributed by atoms with Crippen molar-refractivity contribution in [2.45, 2.75) is 31.3 Å². The Bertz CT molecular complexity index is 970. The van der Waals surface area contributed by atoms with Gasteiger partial charge in [-0.15, -0.1) is 0 Å². The Labute approximate surface area is 163 Å². The van der Waals surface area contributed by atoms with Crippen LogP contribution >= 0.6 is 15.9 Å². The van der Waals surface area contributed by atoms with Crippen molar-refractivity contribution in [3.63, 3.8) is 0 Å². The molecular weight excluding hydrogens is 442 g/mol. The third-order valence-electron chi connectivity index (χ3n) is 3.48. The molecule has 0 fully saturated rings. The standard InChI is InChI=1S/C17H20BrNO5S2/c1-13(2)19(26(22,23)17-9-7-15(18)8-10-17)12-14-5-4-6-16(11-14)24-25(3,20)21/h4-11,13H,12H2,1-3H3. The van der Waals surface area contributed by atoms with E-state index in [1.807, 2.05) is 0 Å². The van der Waals surface area contributed by atoms with Crippen LogP contribution in [0.5, 0.6) is 5.75 Å². The largest absolute Gasteiger partial charge is 0.383 e. The van der Waals surface area contributed by atoms with Gasteiger partial charge >= 0.3 is 10.1 Å². The first kappa shape index (κ1) is 20.9. The molecule has 2 rings (SSSR count). The van der Waals surface area contributed by atoms with Gasteiger partial charge in [0.25, 0.3) is 0 Å². The first-order valence-corrected chi connectivity index (χ1v) is 11.8. The molecule has 0 aliphatic carbocycles. The van der Waals surface area contributed by atoms with Crippen LogP contribution in [0.25, 0.3) is 0 Å². The molecule has 26 heavy (non-hydrogen) atoms. The zero-order chi connectivity index (χ0) is 19.5. The van der Waals surface area contributed by atoms with Gasteiger partial charge in [0.15, 0.2) is 0 Å². The molecule has 0 amide bonds. The minimum absolute atomic E-state index is 0.0943. The highest BCUT2D eigenvalue weighted by molar-refractivity contribution is 9.10. The Balaban J connectivity index is 2.34. The highest BCUT2D eigenvalue weighted by Crippen LogP contribution is 2.24. The Morgan fingerprint density at radius 2 is 1.65 bits per heavy atom. The van der Waals surface area contributed by atoms with E-state index in [0.29, 0.717) is 5.56 Å². The maximum absolute atomic E-state index is 13.0. The quantitative estimate of drug-likeness (QED) is 0.590. The third kappa shape index (κ3) is 5.54. The van der Waals surface area contributed by atoms with Gasteiger partial charge in [-0.1, -0.05) is 28.1 Å². The number of hydrogen-bond donors (Lipinski definition) is 0. The monoisotopic (exact) mass is 461 g/mol. The Kier molecular flexibility index (Phi) is 6.49. The van der Waals surface area contributed by atoms with Crippen molar-refractivity contribution in [3.05, 3.63) is 58.6 Å². The van der Waals surface area contributed by atoms with Crippen molar-refractivity contribution < 1.29 is 21.0 Å². The molecule has 0 bridgehead atoms. The molecule has 0 atom stereocenters. The van der Waals surface area contributed by atoms with Crippen LogP contribution < -0.4 is 4.18 Å². The fourth-order valence-corrected chi connectivity index (χ4v) is 4.68. The highest BCUT2D eigenvalue weighted by Gasteiger charge is 2.27. The summed E-state index contributed by atoms with van der Waals surface area (Å²) < 4.78 is 55.6. The fourth-order valence-electron chi connectivity index (χ4n) is 2.34. The van der Waals surface area contributed by atoms with Gasteiger partial charge in [-0.2, -0.15) is 12.7 Å². The Hall–Kier alpha value is -1.42. The number of sulfonamides is 1. The van der Waals surface area contributed by atoms with Gasteiger partial charge in [0.1, 0.15) is 5.75 Å². The summed E-state index contributed by atoms with van der Waals surface area (Å²) in [6.45, 7) is 3.66. The van der Waals surface area contributed by atoms with Gasteiger partial charge in [0.05, 0.1) is 11.2 Å². The Morgan fingerprint density at radius 1 is 1.04 bits per heavy atom. The Morgan fingerprint density at radius 3 is 2.19 bits per heavy atom. The lowest BCUT2D eigenvalue weighted by atomic mass is 10.2. The van der Waals surface area contributed by atoms with Crippen LogP contribution in [0.2, 0.25) is 0 Å². The van der Waals surface area contributed by atoms with Crippen molar-refractivity contribution in [2.24, 2.45) is 0 Å². The van der Waals surface area contributed by atoms with Crippen LogP contribution in [-0.4, -0.2) is 33.4 Å². The second-order valence-corrected chi connectivity index (χ2v) is 10.4. The van der Waals surface area contributed by atoms with E-state index in [1.165, 1.54) is 28.6 Å². The number of benzene rings is 2. The molecule has 6 nitrogen and oxygen atoms in total. The summed E-state index contributed by atoms with van der Waals surface area (Å²) >= 11 is 3.29. The van der Waals surface area contributed by atoms with Gasteiger partial charge < -0.3 is 4.18 Å². The van der Waals surface area contributed by atoms with Gasteiger partial charge in [0, 0.05) is 17.1 Å². The third-order valence-corrected chi connectivity index (χ3v) is 6.54.